The van der Waals surface area contributed by atoms with E-state index < -0.39 is 5.60 Å². The van der Waals surface area contributed by atoms with Crippen molar-refractivity contribution in [3.8, 4) is 11.8 Å². The Morgan fingerprint density at radius 1 is 1.22 bits per heavy atom. The van der Waals surface area contributed by atoms with Crippen LogP contribution in [0.15, 0.2) is 36.5 Å². The molecule has 186 valence electrons. The molecule has 0 atom stereocenters. The van der Waals surface area contributed by atoms with Gasteiger partial charge >= 0.3 is 6.09 Å². The SMILES string of the molecule is COc1cc(Nc2ncc(C#N)c(Nc3cccc(N)n3)n2)cc2c1CCN(C(=O)OC(C)(C)C)C2. The Balaban J connectivity index is 1.59. The van der Waals surface area contributed by atoms with Crippen LogP contribution < -0.4 is 21.1 Å². The lowest BCUT2D eigenvalue weighted by Crippen LogP contribution is -2.40. The molecule has 4 rings (SSSR count). The van der Waals surface area contributed by atoms with Crippen LogP contribution in [0.25, 0.3) is 0 Å². The second-order valence-corrected chi connectivity index (χ2v) is 9.23. The maximum absolute atomic E-state index is 12.6. The van der Waals surface area contributed by atoms with Gasteiger partial charge in [-0.3, -0.25) is 0 Å². The van der Waals surface area contributed by atoms with Gasteiger partial charge in [0.1, 0.15) is 34.6 Å². The fraction of sp³-hybridized carbons (Fsp3) is 0.320. The van der Waals surface area contributed by atoms with Gasteiger partial charge in [0.2, 0.25) is 5.95 Å². The molecule has 4 N–H and O–H groups in total. The fourth-order valence-electron chi connectivity index (χ4n) is 3.79. The summed E-state index contributed by atoms with van der Waals surface area (Å²) in [6.45, 7) is 6.46. The van der Waals surface area contributed by atoms with E-state index in [1.807, 2.05) is 32.9 Å². The Morgan fingerprint density at radius 3 is 2.72 bits per heavy atom. The minimum atomic E-state index is -0.571. The van der Waals surface area contributed by atoms with E-state index in [-0.39, 0.29) is 23.4 Å². The van der Waals surface area contributed by atoms with Gasteiger partial charge in [0.05, 0.1) is 13.3 Å². The van der Waals surface area contributed by atoms with Crippen molar-refractivity contribution < 1.29 is 14.3 Å². The molecular formula is C25H28N8O3. The zero-order chi connectivity index (χ0) is 25.9. The topological polar surface area (TPSA) is 151 Å². The minimum absolute atomic E-state index is 0.251. The maximum Gasteiger partial charge on any atom is 0.410 e. The number of carbonyl (C=O) groups excluding carboxylic acids is 1. The van der Waals surface area contributed by atoms with Crippen molar-refractivity contribution in [1.82, 2.24) is 19.9 Å². The molecule has 0 unspecified atom stereocenters. The van der Waals surface area contributed by atoms with Crippen molar-refractivity contribution in [1.29, 1.82) is 5.26 Å². The summed E-state index contributed by atoms with van der Waals surface area (Å²) in [7, 11) is 1.61. The summed E-state index contributed by atoms with van der Waals surface area (Å²) in [5, 5.41) is 15.7. The second kappa shape index (κ2) is 9.95. The zero-order valence-corrected chi connectivity index (χ0v) is 20.6. The van der Waals surface area contributed by atoms with Crippen molar-refractivity contribution in [2.75, 3.05) is 30.0 Å². The number of hydrogen-bond donors (Lipinski definition) is 3. The Kier molecular flexibility index (Phi) is 6.78. The highest BCUT2D eigenvalue weighted by Gasteiger charge is 2.27. The van der Waals surface area contributed by atoms with E-state index in [4.69, 9.17) is 15.2 Å². The van der Waals surface area contributed by atoms with Crippen LogP contribution in [-0.2, 0) is 17.7 Å². The van der Waals surface area contributed by atoms with E-state index in [1.165, 1.54) is 6.20 Å². The number of nitrogens with two attached hydrogens (primary N) is 1. The average molecular weight is 489 g/mol. The summed E-state index contributed by atoms with van der Waals surface area (Å²) in [6, 6.07) is 11.0. The molecule has 11 nitrogen and oxygen atoms in total. The third-order valence-corrected chi connectivity index (χ3v) is 5.35. The lowest BCUT2D eigenvalue weighted by atomic mass is 9.98. The van der Waals surface area contributed by atoms with Gasteiger partial charge in [0.15, 0.2) is 5.82 Å². The maximum atomic E-state index is 12.6. The first-order valence-electron chi connectivity index (χ1n) is 11.4. The minimum Gasteiger partial charge on any atom is -0.496 e. The van der Waals surface area contributed by atoms with Crippen molar-refractivity contribution >= 4 is 35.2 Å². The number of rotatable bonds is 5. The van der Waals surface area contributed by atoms with Gasteiger partial charge in [-0.1, -0.05) is 6.07 Å². The van der Waals surface area contributed by atoms with E-state index in [9.17, 15) is 10.1 Å². The van der Waals surface area contributed by atoms with Crippen molar-refractivity contribution in [3.05, 3.63) is 53.2 Å². The molecule has 2 aromatic heterocycles. The molecule has 1 aromatic carbocycles. The Hall–Kier alpha value is -4.59. The lowest BCUT2D eigenvalue weighted by Gasteiger charge is -2.32. The van der Waals surface area contributed by atoms with Crippen molar-refractivity contribution in [2.24, 2.45) is 0 Å². The molecule has 3 heterocycles. The number of carbonyl (C=O) groups is 1. The van der Waals surface area contributed by atoms with Crippen LogP contribution in [0.5, 0.6) is 5.75 Å². The highest BCUT2D eigenvalue weighted by atomic mass is 16.6. The highest BCUT2D eigenvalue weighted by molar-refractivity contribution is 5.70. The summed E-state index contributed by atoms with van der Waals surface area (Å²) in [4.78, 5) is 27.2. The van der Waals surface area contributed by atoms with E-state index in [1.54, 1.807) is 30.2 Å². The molecule has 1 aliphatic rings. The first-order valence-corrected chi connectivity index (χ1v) is 11.4. The Morgan fingerprint density at radius 2 is 2.03 bits per heavy atom. The number of benzene rings is 1. The molecule has 11 heteroatoms. The molecule has 1 aliphatic heterocycles. The molecule has 0 aliphatic carbocycles. The van der Waals surface area contributed by atoms with Crippen LogP contribution in [0.3, 0.4) is 0 Å². The largest absolute Gasteiger partial charge is 0.496 e. The molecule has 0 saturated carbocycles. The van der Waals surface area contributed by atoms with E-state index >= 15 is 0 Å². The van der Waals surface area contributed by atoms with Gasteiger partial charge in [-0.25, -0.2) is 14.8 Å². The number of amides is 1. The van der Waals surface area contributed by atoms with Gasteiger partial charge in [-0.2, -0.15) is 10.2 Å². The third-order valence-electron chi connectivity index (χ3n) is 5.35. The van der Waals surface area contributed by atoms with Gasteiger partial charge in [-0.05, 0) is 51.0 Å². The van der Waals surface area contributed by atoms with Gasteiger partial charge in [-0.15, -0.1) is 0 Å². The normalized spacial score (nSPS) is 12.8. The van der Waals surface area contributed by atoms with Gasteiger partial charge in [0, 0.05) is 30.4 Å². The standard InChI is InChI=1S/C25H28N8O3/c1-25(2,3)36-24(34)33-9-8-18-15(14-33)10-17(11-19(18)35-4)29-23-28-13-16(12-26)22(32-23)31-21-7-5-6-20(27)30-21/h5-7,10-11,13H,8-9,14H2,1-4H3,(H4,27,28,29,30,31,32). The van der Waals surface area contributed by atoms with Crippen LogP contribution in [0.4, 0.5) is 33.9 Å². The number of aromatic nitrogens is 3. The summed E-state index contributed by atoms with van der Waals surface area (Å²) in [5.41, 5.74) is 8.08. The van der Waals surface area contributed by atoms with Crippen molar-refractivity contribution in [2.45, 2.75) is 39.3 Å². The van der Waals surface area contributed by atoms with Gasteiger partial charge in [0.25, 0.3) is 0 Å². The van der Waals surface area contributed by atoms with Crippen LogP contribution in [0.1, 0.15) is 37.5 Å². The third kappa shape index (κ3) is 5.72. The number of nitriles is 1. The molecule has 0 saturated heterocycles. The Bertz CT molecular complexity index is 1330. The number of ether oxygens (including phenoxy) is 2. The van der Waals surface area contributed by atoms with Gasteiger partial charge < -0.3 is 30.7 Å². The quantitative estimate of drug-likeness (QED) is 0.478. The van der Waals surface area contributed by atoms with Crippen molar-refractivity contribution in [3.63, 3.8) is 0 Å². The summed E-state index contributed by atoms with van der Waals surface area (Å²) < 4.78 is 11.2. The van der Waals surface area contributed by atoms with E-state index in [0.717, 1.165) is 11.1 Å². The number of fused-ring (bicyclic) bond motifs is 1. The number of nitrogens with one attached hydrogen (secondary N) is 2. The first-order chi connectivity index (χ1) is 17.1. The molecule has 3 aromatic rings. The smallest absolute Gasteiger partial charge is 0.410 e. The average Bonchev–Trinajstić information content (AvgIpc) is 2.82. The fourth-order valence-corrected chi connectivity index (χ4v) is 3.79. The molecule has 0 bridgehead atoms. The Labute approximate surface area is 209 Å². The van der Waals surface area contributed by atoms with Crippen LogP contribution in [-0.4, -0.2) is 45.2 Å². The molecule has 1 amide bonds. The van der Waals surface area contributed by atoms with E-state index in [0.29, 0.717) is 42.6 Å². The highest BCUT2D eigenvalue weighted by Crippen LogP contribution is 2.33. The molecule has 0 radical (unpaired) electrons. The monoisotopic (exact) mass is 488 g/mol. The van der Waals surface area contributed by atoms with Crippen LogP contribution in [0.2, 0.25) is 0 Å². The number of nitrogens with zero attached hydrogens (tertiary/aromatic N) is 5. The first kappa shape index (κ1) is 24.5. The second-order valence-electron chi connectivity index (χ2n) is 9.23. The number of anilines is 5. The number of hydrogen-bond acceptors (Lipinski definition) is 10. The molecule has 36 heavy (non-hydrogen) atoms. The predicted molar refractivity (Wildman–Crippen MR) is 135 cm³/mol. The number of methoxy groups -OCH3 is 1. The number of nitrogen functional groups attached to an aromatic ring is 1. The zero-order valence-electron chi connectivity index (χ0n) is 20.6. The molecule has 0 spiro atoms. The van der Waals surface area contributed by atoms with Crippen LogP contribution >= 0.6 is 0 Å². The molecule has 0 fully saturated rings. The van der Waals surface area contributed by atoms with E-state index in [2.05, 4.69) is 31.7 Å². The summed E-state index contributed by atoms with van der Waals surface area (Å²) >= 11 is 0. The predicted octanol–water partition coefficient (Wildman–Crippen LogP) is 4.11. The summed E-state index contributed by atoms with van der Waals surface area (Å²) in [5.74, 6) is 2.05. The summed E-state index contributed by atoms with van der Waals surface area (Å²) in [6.07, 6.45) is 1.71. The molecular weight excluding hydrogens is 460 g/mol. The number of pyridine rings is 1. The lowest BCUT2D eigenvalue weighted by molar-refractivity contribution is 0.0223. The van der Waals surface area contributed by atoms with Crippen LogP contribution in [0, 0.1) is 11.3 Å².